The molecule has 92 valence electrons. The van der Waals surface area contributed by atoms with E-state index in [0.29, 0.717) is 6.54 Å². The van der Waals surface area contributed by atoms with Gasteiger partial charge in [0.25, 0.3) is 0 Å². The summed E-state index contributed by atoms with van der Waals surface area (Å²) < 4.78 is 4.37. The summed E-state index contributed by atoms with van der Waals surface area (Å²) >= 11 is 1.42. The Morgan fingerprint density at radius 2 is 1.88 bits per heavy atom. The van der Waals surface area contributed by atoms with E-state index in [9.17, 15) is 0 Å². The SMILES string of the molecule is CC(C)(CCN)Nc1nc(C(C)(C)C)ns1. The molecule has 0 aliphatic rings. The van der Waals surface area contributed by atoms with Gasteiger partial charge in [0.15, 0.2) is 0 Å². The minimum Gasteiger partial charge on any atom is -0.355 e. The van der Waals surface area contributed by atoms with Crippen molar-refractivity contribution < 1.29 is 0 Å². The van der Waals surface area contributed by atoms with Crippen LogP contribution in [0.1, 0.15) is 46.9 Å². The standard InChI is InChI=1S/C11H22N4S/c1-10(2,3)8-13-9(16-15-8)14-11(4,5)6-7-12/h6-7,12H2,1-5H3,(H,13,14,15). The van der Waals surface area contributed by atoms with E-state index >= 15 is 0 Å². The summed E-state index contributed by atoms with van der Waals surface area (Å²) in [6.07, 6.45) is 0.914. The van der Waals surface area contributed by atoms with Crippen molar-refractivity contribution in [2.24, 2.45) is 5.73 Å². The van der Waals surface area contributed by atoms with Crippen molar-refractivity contribution in [3.05, 3.63) is 5.82 Å². The van der Waals surface area contributed by atoms with Gasteiger partial charge in [-0.05, 0) is 26.8 Å². The Hall–Kier alpha value is -0.680. The van der Waals surface area contributed by atoms with E-state index in [0.717, 1.165) is 17.4 Å². The molecule has 0 aromatic carbocycles. The predicted octanol–water partition coefficient (Wildman–Crippen LogP) is 2.37. The maximum absolute atomic E-state index is 5.57. The average molecular weight is 242 g/mol. The molecule has 0 radical (unpaired) electrons. The summed E-state index contributed by atoms with van der Waals surface area (Å²) in [6, 6.07) is 0. The van der Waals surface area contributed by atoms with Crippen LogP contribution in [0.5, 0.6) is 0 Å². The highest BCUT2D eigenvalue weighted by Gasteiger charge is 2.22. The molecular weight excluding hydrogens is 220 g/mol. The van der Waals surface area contributed by atoms with Crippen LogP contribution in [-0.2, 0) is 5.41 Å². The summed E-state index contributed by atoms with van der Waals surface area (Å²) in [4.78, 5) is 4.50. The van der Waals surface area contributed by atoms with Crippen LogP contribution < -0.4 is 11.1 Å². The first-order valence-electron chi connectivity index (χ1n) is 5.57. The Balaban J connectivity index is 2.73. The molecule has 3 N–H and O–H groups in total. The first kappa shape index (κ1) is 13.4. The third-order valence-electron chi connectivity index (χ3n) is 2.31. The fourth-order valence-corrected chi connectivity index (χ4v) is 2.23. The third-order valence-corrected chi connectivity index (χ3v) is 2.94. The molecule has 1 aromatic heterocycles. The Morgan fingerprint density at radius 3 is 2.31 bits per heavy atom. The van der Waals surface area contributed by atoms with Gasteiger partial charge < -0.3 is 11.1 Å². The number of nitrogens with two attached hydrogens (primary N) is 1. The summed E-state index contributed by atoms with van der Waals surface area (Å²) in [5, 5.41) is 4.25. The van der Waals surface area contributed by atoms with Gasteiger partial charge in [-0.25, -0.2) is 4.98 Å². The maximum atomic E-state index is 5.57. The second kappa shape index (κ2) is 4.67. The Bertz CT molecular complexity index is 338. The highest BCUT2D eigenvalue weighted by molar-refractivity contribution is 7.09. The smallest absolute Gasteiger partial charge is 0.203 e. The molecule has 0 fully saturated rings. The number of hydrogen-bond donors (Lipinski definition) is 2. The monoisotopic (exact) mass is 242 g/mol. The minimum atomic E-state index is -0.0244. The molecule has 1 heterocycles. The van der Waals surface area contributed by atoms with Crippen LogP contribution in [0.15, 0.2) is 0 Å². The summed E-state index contributed by atoms with van der Waals surface area (Å²) in [5.74, 6) is 0.892. The largest absolute Gasteiger partial charge is 0.355 e. The highest BCUT2D eigenvalue weighted by atomic mass is 32.1. The second-order valence-electron chi connectivity index (χ2n) is 5.72. The molecule has 5 heteroatoms. The molecule has 4 nitrogen and oxygen atoms in total. The Kier molecular flexibility index (Phi) is 3.91. The molecule has 0 unspecified atom stereocenters. The third kappa shape index (κ3) is 3.72. The Morgan fingerprint density at radius 1 is 1.25 bits per heavy atom. The lowest BCUT2D eigenvalue weighted by Crippen LogP contribution is -2.33. The van der Waals surface area contributed by atoms with Crippen LogP contribution >= 0.6 is 11.5 Å². The minimum absolute atomic E-state index is 0.00837. The number of rotatable bonds is 4. The summed E-state index contributed by atoms with van der Waals surface area (Å²) in [7, 11) is 0. The zero-order valence-corrected chi connectivity index (χ0v) is 11.6. The van der Waals surface area contributed by atoms with Gasteiger partial charge in [0.2, 0.25) is 5.13 Å². The van der Waals surface area contributed by atoms with Gasteiger partial charge >= 0.3 is 0 Å². The van der Waals surface area contributed by atoms with Gasteiger partial charge in [0.1, 0.15) is 5.82 Å². The zero-order valence-electron chi connectivity index (χ0n) is 10.8. The maximum Gasteiger partial charge on any atom is 0.203 e. The molecule has 1 rings (SSSR count). The zero-order chi connectivity index (χ0) is 12.4. The molecule has 0 bridgehead atoms. The number of nitrogens with zero attached hydrogens (tertiary/aromatic N) is 2. The molecule has 0 amide bonds. The predicted molar refractivity (Wildman–Crippen MR) is 70.0 cm³/mol. The van der Waals surface area contributed by atoms with Gasteiger partial charge in [-0.1, -0.05) is 20.8 Å². The van der Waals surface area contributed by atoms with Gasteiger partial charge in [0.05, 0.1) is 0 Å². The first-order valence-corrected chi connectivity index (χ1v) is 6.34. The van der Waals surface area contributed by atoms with E-state index in [1.54, 1.807) is 0 Å². The molecule has 0 saturated heterocycles. The number of hydrogen-bond acceptors (Lipinski definition) is 5. The fourth-order valence-electron chi connectivity index (χ4n) is 1.29. The van der Waals surface area contributed by atoms with Crippen LogP contribution in [0.3, 0.4) is 0 Å². The van der Waals surface area contributed by atoms with E-state index in [1.807, 2.05) is 0 Å². The summed E-state index contributed by atoms with van der Waals surface area (Å²) in [6.45, 7) is 11.3. The van der Waals surface area contributed by atoms with Crippen molar-refractivity contribution in [1.29, 1.82) is 0 Å². The van der Waals surface area contributed by atoms with Crippen LogP contribution in [0.4, 0.5) is 5.13 Å². The van der Waals surface area contributed by atoms with Crippen molar-refractivity contribution >= 4 is 16.7 Å². The van der Waals surface area contributed by atoms with Gasteiger partial charge in [-0.3, -0.25) is 0 Å². The molecule has 0 aliphatic carbocycles. The number of aromatic nitrogens is 2. The average Bonchev–Trinajstić information content (AvgIpc) is 2.50. The van der Waals surface area contributed by atoms with E-state index in [-0.39, 0.29) is 11.0 Å². The fraction of sp³-hybridized carbons (Fsp3) is 0.818. The molecular formula is C11H22N4S. The van der Waals surface area contributed by atoms with Crippen LogP contribution in [0, 0.1) is 0 Å². The lowest BCUT2D eigenvalue weighted by atomic mass is 9.96. The van der Waals surface area contributed by atoms with Gasteiger partial charge in [-0.15, -0.1) is 0 Å². The number of anilines is 1. The molecule has 0 atom stereocenters. The first-order chi connectivity index (χ1) is 7.24. The lowest BCUT2D eigenvalue weighted by molar-refractivity contribution is 0.523. The molecule has 16 heavy (non-hydrogen) atoms. The van der Waals surface area contributed by atoms with Gasteiger partial charge in [-0.2, -0.15) is 4.37 Å². The van der Waals surface area contributed by atoms with E-state index in [4.69, 9.17) is 5.73 Å². The van der Waals surface area contributed by atoms with Crippen molar-refractivity contribution in [1.82, 2.24) is 9.36 Å². The van der Waals surface area contributed by atoms with Crippen LogP contribution in [0.2, 0.25) is 0 Å². The molecule has 0 spiro atoms. The van der Waals surface area contributed by atoms with E-state index in [1.165, 1.54) is 11.5 Å². The van der Waals surface area contributed by atoms with Crippen molar-refractivity contribution in [2.45, 2.75) is 52.0 Å². The summed E-state index contributed by atoms with van der Waals surface area (Å²) in [5.41, 5.74) is 5.55. The van der Waals surface area contributed by atoms with Crippen LogP contribution in [-0.4, -0.2) is 21.4 Å². The normalized spacial score (nSPS) is 12.9. The molecule has 1 aromatic rings. The quantitative estimate of drug-likeness (QED) is 0.851. The van der Waals surface area contributed by atoms with E-state index < -0.39 is 0 Å². The van der Waals surface area contributed by atoms with Crippen molar-refractivity contribution in [2.75, 3.05) is 11.9 Å². The van der Waals surface area contributed by atoms with Crippen molar-refractivity contribution in [3.8, 4) is 0 Å². The van der Waals surface area contributed by atoms with Crippen molar-refractivity contribution in [3.63, 3.8) is 0 Å². The second-order valence-corrected chi connectivity index (χ2v) is 6.47. The van der Waals surface area contributed by atoms with Gasteiger partial charge in [0, 0.05) is 22.5 Å². The lowest BCUT2D eigenvalue weighted by Gasteiger charge is -2.24. The molecule has 0 aliphatic heterocycles. The molecule has 0 saturated carbocycles. The topological polar surface area (TPSA) is 63.8 Å². The Labute approximate surface area is 102 Å². The highest BCUT2D eigenvalue weighted by Crippen LogP contribution is 2.25. The number of nitrogens with one attached hydrogen (secondary N) is 1. The van der Waals surface area contributed by atoms with E-state index in [2.05, 4.69) is 49.3 Å². The van der Waals surface area contributed by atoms with Crippen LogP contribution in [0.25, 0.3) is 0 Å².